The van der Waals surface area contributed by atoms with Gasteiger partial charge in [0.25, 0.3) is 11.7 Å². The van der Waals surface area contributed by atoms with Crippen molar-refractivity contribution in [3.05, 3.63) is 64.7 Å². The van der Waals surface area contributed by atoms with Crippen molar-refractivity contribution in [2.24, 2.45) is 0 Å². The van der Waals surface area contributed by atoms with Gasteiger partial charge in [0, 0.05) is 6.99 Å². The maximum Gasteiger partial charge on any atom is 0.296 e. The number of aryl methyl sites for hydroxylation is 2. The molecule has 0 atom stereocenters. The number of amides is 1. The number of anilines is 1. The molecule has 2 aromatic rings. The Morgan fingerprint density at radius 3 is 2.19 bits per heavy atom. The van der Waals surface area contributed by atoms with Crippen molar-refractivity contribution in [1.82, 2.24) is 0 Å². The van der Waals surface area contributed by atoms with Gasteiger partial charge in [-0.2, -0.15) is 0 Å². The van der Waals surface area contributed by atoms with Crippen LogP contribution in [0.4, 0.5) is 5.69 Å². The molecule has 1 amide bonds. The minimum Gasteiger partial charge on any atom is -0.318 e. The Hall–Kier alpha value is -2.86. The Labute approximate surface area is 159 Å². The quantitative estimate of drug-likeness (QED) is 0.531. The summed E-state index contributed by atoms with van der Waals surface area (Å²) >= 11 is 0. The molecule has 0 aliphatic carbocycles. The fourth-order valence-corrected chi connectivity index (χ4v) is 2.16. The predicted molar refractivity (Wildman–Crippen MR) is 113 cm³/mol. The summed E-state index contributed by atoms with van der Waals surface area (Å²) in [4.78, 5) is 22.1. The largest absolute Gasteiger partial charge is 0.318 e. The minimum atomic E-state index is -0.593. The van der Waals surface area contributed by atoms with Crippen LogP contribution in [0.15, 0.2) is 42.5 Å². The van der Waals surface area contributed by atoms with Gasteiger partial charge in [0.05, 0.1) is 11.3 Å². The molecule has 1 N–H and O–H groups in total. The summed E-state index contributed by atoms with van der Waals surface area (Å²) in [7, 11) is 0. The van der Waals surface area contributed by atoms with Crippen LogP contribution in [0.2, 0.25) is 0 Å². The first kappa shape index (κ1) is 23.1. The van der Waals surface area contributed by atoms with Gasteiger partial charge in [-0.1, -0.05) is 70.4 Å². The molecule has 0 aromatic heterocycles. The Morgan fingerprint density at radius 1 is 1.04 bits per heavy atom. The lowest BCUT2D eigenvalue weighted by Gasteiger charge is -1.95. The monoisotopic (exact) mass is 353 g/mol. The van der Waals surface area contributed by atoms with E-state index in [2.05, 4.69) is 49.4 Å². The van der Waals surface area contributed by atoms with Gasteiger partial charge >= 0.3 is 0 Å². The molecule has 0 fully saturated rings. The molecular weight excluding hydrogens is 322 g/mol. The molecule has 3 nitrogen and oxygen atoms in total. The highest BCUT2D eigenvalue weighted by Crippen LogP contribution is 2.23. The van der Waals surface area contributed by atoms with E-state index in [0.29, 0.717) is 16.8 Å². The zero-order chi connectivity index (χ0) is 20.1. The van der Waals surface area contributed by atoms with E-state index in [0.717, 1.165) is 6.42 Å². The number of fused-ring (bicyclic) bond motifs is 1. The van der Waals surface area contributed by atoms with E-state index in [1.807, 2.05) is 27.7 Å². The molecular formula is C23H31NO2. The number of hydrogen-bond acceptors (Lipinski definition) is 2. The number of ketones is 1. The van der Waals surface area contributed by atoms with E-state index < -0.39 is 11.7 Å². The molecule has 1 aliphatic heterocycles. The Balaban J connectivity index is 0. The van der Waals surface area contributed by atoms with Gasteiger partial charge in [0.1, 0.15) is 0 Å². The normalized spacial score (nSPS) is 10.5. The van der Waals surface area contributed by atoms with E-state index in [-0.39, 0.29) is 1.43 Å². The van der Waals surface area contributed by atoms with Gasteiger partial charge in [-0.15, -0.1) is 6.42 Å². The summed E-state index contributed by atoms with van der Waals surface area (Å²) in [5.74, 6) is 1.29. The van der Waals surface area contributed by atoms with E-state index in [1.165, 1.54) is 17.2 Å². The first-order valence-corrected chi connectivity index (χ1v) is 9.07. The summed E-state index contributed by atoms with van der Waals surface area (Å²) in [5, 5.41) is 2.44. The van der Waals surface area contributed by atoms with Crippen molar-refractivity contribution in [2.75, 3.05) is 5.32 Å². The average Bonchev–Trinajstić information content (AvgIpc) is 2.99. The minimum absolute atomic E-state index is 0. The highest BCUT2D eigenvalue weighted by Gasteiger charge is 2.27. The molecule has 0 saturated carbocycles. The number of hydrogen-bond donors (Lipinski definition) is 1. The van der Waals surface area contributed by atoms with Crippen LogP contribution in [0.1, 0.15) is 63.1 Å². The summed E-state index contributed by atoms with van der Waals surface area (Å²) in [5.41, 5.74) is 4.28. The summed E-state index contributed by atoms with van der Waals surface area (Å²) in [6.07, 6.45) is 6.30. The highest BCUT2D eigenvalue weighted by atomic mass is 16.2. The van der Waals surface area contributed by atoms with Gasteiger partial charge in [-0.25, -0.2) is 0 Å². The van der Waals surface area contributed by atoms with Crippen LogP contribution in [0.25, 0.3) is 0 Å². The van der Waals surface area contributed by atoms with Crippen LogP contribution in [-0.4, -0.2) is 11.7 Å². The molecule has 140 valence electrons. The van der Waals surface area contributed by atoms with Gasteiger partial charge in [0.15, 0.2) is 0 Å². The van der Waals surface area contributed by atoms with E-state index >= 15 is 0 Å². The van der Waals surface area contributed by atoms with Crippen LogP contribution < -0.4 is 5.32 Å². The number of nitrogens with one attached hydrogen (secondary N) is 1. The van der Waals surface area contributed by atoms with Crippen molar-refractivity contribution in [1.29, 1.82) is 0 Å². The molecule has 0 saturated heterocycles. The van der Waals surface area contributed by atoms with Crippen molar-refractivity contribution >= 4 is 17.4 Å². The second-order valence-corrected chi connectivity index (χ2v) is 5.03. The number of Topliss-reactive ketones (excluding diaryl/α,β-unsaturated/α-hetero) is 1. The standard InChI is InChI=1S/C10H5NO2.C9H12.2C2H6.H2/c1-2-6-3-4-8-7(5-6)9(12)10(13)11-8;1-3-9-6-4-5-8(2)7-9;2*1-2;/h1,3-5H,(H,11,12,13);4-7H,3H2,1-2H3;2*1-2H3;1H. The number of carbonyl (C=O) groups excluding carboxylic acids is 2. The smallest absolute Gasteiger partial charge is 0.296 e. The number of terminal acetylenes is 1. The summed E-state index contributed by atoms with van der Waals surface area (Å²) < 4.78 is 0. The van der Waals surface area contributed by atoms with Crippen molar-refractivity contribution in [3.63, 3.8) is 0 Å². The van der Waals surface area contributed by atoms with Crippen LogP contribution in [0.3, 0.4) is 0 Å². The number of rotatable bonds is 1. The average molecular weight is 354 g/mol. The van der Waals surface area contributed by atoms with Crippen molar-refractivity contribution in [3.8, 4) is 12.3 Å². The molecule has 0 unspecified atom stereocenters. The number of carbonyl (C=O) groups is 2. The van der Waals surface area contributed by atoms with Crippen LogP contribution in [0.5, 0.6) is 0 Å². The van der Waals surface area contributed by atoms with Gasteiger partial charge in [0.2, 0.25) is 0 Å². The van der Waals surface area contributed by atoms with Gasteiger partial charge in [-0.05, 0) is 37.1 Å². The zero-order valence-corrected chi connectivity index (χ0v) is 16.6. The Kier molecular flexibility index (Phi) is 11.1. The maximum absolute atomic E-state index is 11.2. The second kappa shape index (κ2) is 12.5. The molecule has 26 heavy (non-hydrogen) atoms. The SMILES string of the molecule is C#Cc1ccc2c(c1)C(=O)C(=O)N2.CC.CC.CCc1cccc(C)c1.[HH]. The summed E-state index contributed by atoms with van der Waals surface area (Å²) in [6.45, 7) is 12.3. The Morgan fingerprint density at radius 2 is 1.69 bits per heavy atom. The van der Waals surface area contributed by atoms with Crippen molar-refractivity contribution < 1.29 is 11.0 Å². The van der Waals surface area contributed by atoms with E-state index in [1.54, 1.807) is 12.1 Å². The topological polar surface area (TPSA) is 46.2 Å². The van der Waals surface area contributed by atoms with E-state index in [9.17, 15) is 9.59 Å². The molecule has 0 spiro atoms. The van der Waals surface area contributed by atoms with Crippen molar-refractivity contribution in [2.45, 2.75) is 48.0 Å². The summed E-state index contributed by atoms with van der Waals surface area (Å²) in [6, 6.07) is 13.5. The third kappa shape index (κ3) is 6.57. The fraction of sp³-hybridized carbons (Fsp3) is 0.304. The lowest BCUT2D eigenvalue weighted by Crippen LogP contribution is -2.12. The van der Waals surface area contributed by atoms with Crippen LogP contribution in [0, 0.1) is 19.3 Å². The first-order chi connectivity index (χ1) is 12.5. The Bertz CT molecular complexity index is 776. The molecule has 0 bridgehead atoms. The number of benzene rings is 2. The third-order valence-corrected chi connectivity index (χ3v) is 3.38. The molecule has 3 rings (SSSR count). The van der Waals surface area contributed by atoms with Crippen LogP contribution in [-0.2, 0) is 11.2 Å². The lowest BCUT2D eigenvalue weighted by molar-refractivity contribution is -0.112. The fourth-order valence-electron chi connectivity index (χ4n) is 2.16. The lowest BCUT2D eigenvalue weighted by atomic mass is 10.1. The zero-order valence-electron chi connectivity index (χ0n) is 16.6. The second-order valence-electron chi connectivity index (χ2n) is 5.03. The molecule has 2 aromatic carbocycles. The molecule has 1 heterocycles. The molecule has 0 radical (unpaired) electrons. The van der Waals surface area contributed by atoms with Crippen LogP contribution >= 0.6 is 0 Å². The maximum atomic E-state index is 11.2. The van der Waals surface area contributed by atoms with Gasteiger partial charge < -0.3 is 5.32 Å². The molecule has 1 aliphatic rings. The predicted octanol–water partition coefficient (Wildman–Crippen LogP) is 5.66. The van der Waals surface area contributed by atoms with E-state index in [4.69, 9.17) is 6.42 Å². The molecule has 3 heteroatoms. The van der Waals surface area contributed by atoms with Gasteiger partial charge in [-0.3, -0.25) is 9.59 Å². The first-order valence-electron chi connectivity index (χ1n) is 9.07. The highest BCUT2D eigenvalue weighted by molar-refractivity contribution is 6.51. The third-order valence-electron chi connectivity index (χ3n) is 3.38.